The van der Waals surface area contributed by atoms with Crippen LogP contribution in [-0.4, -0.2) is 15.4 Å². The summed E-state index contributed by atoms with van der Waals surface area (Å²) < 4.78 is 3.31. The molecule has 0 bridgehead atoms. The average molecular weight is 507 g/mol. The third-order valence-corrected chi connectivity index (χ3v) is 7.32. The van der Waals surface area contributed by atoms with Crippen molar-refractivity contribution in [1.82, 2.24) is 9.47 Å². The number of carbonyl (C=O) groups excluding carboxylic acids is 1. The minimum atomic E-state index is -0.173. The van der Waals surface area contributed by atoms with Gasteiger partial charge in [-0.1, -0.05) is 94.8 Å². The average Bonchev–Trinajstić information content (AvgIpc) is 3.31. The molecule has 0 spiro atoms. The molecule has 3 nitrogen and oxygen atoms in total. The molecule has 0 N–H and O–H groups in total. The molecule has 4 heteroatoms. The molecular weight excluding hydrogens is 484 g/mol. The highest BCUT2D eigenvalue weighted by molar-refractivity contribution is 9.10. The van der Waals surface area contributed by atoms with Crippen LogP contribution in [0.4, 0.5) is 0 Å². The first kappa shape index (κ1) is 20.9. The Balaban J connectivity index is 1.63. The number of aryl methyl sites for hydroxylation is 1. The second-order valence-corrected chi connectivity index (χ2v) is 9.67. The minimum absolute atomic E-state index is 0.0825. The first-order valence-electron chi connectivity index (χ1n) is 11.4. The third kappa shape index (κ3) is 3.29. The zero-order valence-corrected chi connectivity index (χ0v) is 20.4. The number of para-hydroxylation sites is 1. The van der Waals surface area contributed by atoms with Crippen molar-refractivity contribution in [2.24, 2.45) is 7.05 Å². The Morgan fingerprint density at radius 1 is 0.794 bits per heavy atom. The molecule has 1 aromatic heterocycles. The summed E-state index contributed by atoms with van der Waals surface area (Å²) in [5, 5.41) is 1.18. The van der Waals surface area contributed by atoms with E-state index in [0.717, 1.165) is 37.9 Å². The molecule has 0 saturated heterocycles. The minimum Gasteiger partial charge on any atom is -0.343 e. The highest BCUT2D eigenvalue weighted by atomic mass is 79.9. The number of benzene rings is 4. The van der Waals surface area contributed by atoms with E-state index in [1.54, 1.807) is 0 Å². The van der Waals surface area contributed by atoms with Crippen LogP contribution >= 0.6 is 15.9 Å². The van der Waals surface area contributed by atoms with Crippen molar-refractivity contribution in [3.63, 3.8) is 0 Å². The highest BCUT2D eigenvalue weighted by Crippen LogP contribution is 2.47. The number of carbonyl (C=O) groups is 1. The number of halogens is 1. The first-order chi connectivity index (χ1) is 16.6. The van der Waals surface area contributed by atoms with E-state index in [9.17, 15) is 4.79 Å². The Bertz CT molecular complexity index is 1520. The highest BCUT2D eigenvalue weighted by Gasteiger charge is 2.40. The van der Waals surface area contributed by atoms with Gasteiger partial charge in [0.2, 0.25) is 0 Å². The molecule has 4 aromatic carbocycles. The van der Waals surface area contributed by atoms with E-state index in [0.29, 0.717) is 6.54 Å². The number of nitrogens with zero attached hydrogens (tertiary/aromatic N) is 2. The summed E-state index contributed by atoms with van der Waals surface area (Å²) in [5.74, 6) is 0.0825. The summed E-state index contributed by atoms with van der Waals surface area (Å²) in [7, 11) is 2.12. The van der Waals surface area contributed by atoms with Gasteiger partial charge in [0.05, 0.1) is 11.7 Å². The SMILES string of the molecule is Cn1c(-c2ccc(Br)cc2)c([C@@H]2c3ccccc3C(=O)N2Cc2ccccc2)c2ccccc21. The Labute approximate surface area is 207 Å². The molecular formula is C30H23BrN2O. The fraction of sp³-hybridized carbons (Fsp3) is 0.100. The van der Waals surface area contributed by atoms with Gasteiger partial charge in [0.25, 0.3) is 5.91 Å². The maximum absolute atomic E-state index is 13.7. The largest absolute Gasteiger partial charge is 0.343 e. The fourth-order valence-corrected chi connectivity index (χ4v) is 5.55. The Hall–Kier alpha value is -3.63. The fourth-order valence-electron chi connectivity index (χ4n) is 5.28. The monoisotopic (exact) mass is 506 g/mol. The van der Waals surface area contributed by atoms with Crippen LogP contribution in [-0.2, 0) is 13.6 Å². The first-order valence-corrected chi connectivity index (χ1v) is 12.2. The molecule has 166 valence electrons. The molecule has 0 aliphatic carbocycles. The second-order valence-electron chi connectivity index (χ2n) is 8.75. The summed E-state index contributed by atoms with van der Waals surface area (Å²) in [6.45, 7) is 0.558. The van der Waals surface area contributed by atoms with Crippen LogP contribution in [0.1, 0.15) is 33.1 Å². The quantitative estimate of drug-likeness (QED) is 0.250. The number of fused-ring (bicyclic) bond motifs is 2. The molecule has 34 heavy (non-hydrogen) atoms. The lowest BCUT2D eigenvalue weighted by Crippen LogP contribution is -2.28. The van der Waals surface area contributed by atoms with Crippen molar-refractivity contribution in [3.05, 3.63) is 130 Å². The van der Waals surface area contributed by atoms with Gasteiger partial charge in [0.15, 0.2) is 0 Å². The van der Waals surface area contributed by atoms with Gasteiger partial charge in [0, 0.05) is 40.1 Å². The number of aromatic nitrogens is 1. The van der Waals surface area contributed by atoms with E-state index in [4.69, 9.17) is 0 Å². The summed E-state index contributed by atoms with van der Waals surface area (Å²) in [6.07, 6.45) is 0. The molecule has 0 unspecified atom stereocenters. The number of hydrogen-bond acceptors (Lipinski definition) is 1. The zero-order chi connectivity index (χ0) is 23.2. The molecule has 0 saturated carbocycles. The van der Waals surface area contributed by atoms with E-state index in [-0.39, 0.29) is 11.9 Å². The van der Waals surface area contributed by atoms with Crippen LogP contribution in [0.5, 0.6) is 0 Å². The molecule has 1 aliphatic rings. The van der Waals surface area contributed by atoms with E-state index in [2.05, 4.69) is 94.3 Å². The second kappa shape index (κ2) is 8.30. The van der Waals surface area contributed by atoms with Gasteiger partial charge in [-0.05, 0) is 41.0 Å². The molecule has 1 aliphatic heterocycles. The van der Waals surface area contributed by atoms with Crippen molar-refractivity contribution >= 4 is 32.7 Å². The summed E-state index contributed by atoms with van der Waals surface area (Å²) >= 11 is 3.57. The Morgan fingerprint density at radius 2 is 1.47 bits per heavy atom. The normalized spacial score (nSPS) is 15.2. The van der Waals surface area contributed by atoms with Gasteiger partial charge in [-0.3, -0.25) is 4.79 Å². The lowest BCUT2D eigenvalue weighted by molar-refractivity contribution is 0.0737. The van der Waals surface area contributed by atoms with Crippen LogP contribution < -0.4 is 0 Å². The van der Waals surface area contributed by atoms with Crippen molar-refractivity contribution < 1.29 is 4.79 Å². The molecule has 0 fully saturated rings. The predicted molar refractivity (Wildman–Crippen MR) is 141 cm³/mol. The van der Waals surface area contributed by atoms with Crippen molar-refractivity contribution in [3.8, 4) is 11.3 Å². The molecule has 2 heterocycles. The zero-order valence-electron chi connectivity index (χ0n) is 18.8. The van der Waals surface area contributed by atoms with Gasteiger partial charge in [-0.25, -0.2) is 0 Å². The number of rotatable bonds is 4. The van der Waals surface area contributed by atoms with Gasteiger partial charge >= 0.3 is 0 Å². The van der Waals surface area contributed by atoms with Gasteiger partial charge in [-0.2, -0.15) is 0 Å². The molecule has 1 amide bonds. The molecule has 1 atom stereocenters. The van der Waals surface area contributed by atoms with Crippen LogP contribution in [0.2, 0.25) is 0 Å². The predicted octanol–water partition coefficient (Wildman–Crippen LogP) is 7.35. The van der Waals surface area contributed by atoms with Crippen LogP contribution in [0, 0.1) is 0 Å². The molecule has 0 radical (unpaired) electrons. The lowest BCUT2D eigenvalue weighted by Gasteiger charge is -2.27. The van der Waals surface area contributed by atoms with Gasteiger partial charge in [0.1, 0.15) is 0 Å². The van der Waals surface area contributed by atoms with Crippen LogP contribution in [0.3, 0.4) is 0 Å². The lowest BCUT2D eigenvalue weighted by atomic mass is 9.93. The maximum Gasteiger partial charge on any atom is 0.255 e. The van der Waals surface area contributed by atoms with Crippen molar-refractivity contribution in [1.29, 1.82) is 0 Å². The topological polar surface area (TPSA) is 25.2 Å². The standard InChI is InChI=1S/C30H23BrN2O/c1-32-26-14-8-7-13-25(26)27(28(32)21-15-17-22(31)18-16-21)29-23-11-5-6-12-24(23)30(34)33(29)19-20-9-3-2-4-10-20/h2-18,29H,19H2,1H3/t29-/m0/s1. The van der Waals surface area contributed by atoms with Gasteiger partial charge in [-0.15, -0.1) is 0 Å². The summed E-state index contributed by atoms with van der Waals surface area (Å²) in [6, 6.07) is 35.1. The van der Waals surface area contributed by atoms with Crippen molar-refractivity contribution in [2.45, 2.75) is 12.6 Å². The van der Waals surface area contributed by atoms with E-state index >= 15 is 0 Å². The Kier molecular flexibility index (Phi) is 5.11. The Morgan fingerprint density at radius 3 is 2.26 bits per heavy atom. The molecule has 5 aromatic rings. The summed E-state index contributed by atoms with van der Waals surface area (Å²) in [5.41, 5.74) is 7.59. The summed E-state index contributed by atoms with van der Waals surface area (Å²) in [4.78, 5) is 15.8. The number of amides is 1. The van der Waals surface area contributed by atoms with Crippen molar-refractivity contribution in [2.75, 3.05) is 0 Å². The van der Waals surface area contributed by atoms with E-state index in [1.807, 2.05) is 41.3 Å². The third-order valence-electron chi connectivity index (χ3n) is 6.79. The number of hydrogen-bond donors (Lipinski definition) is 0. The van der Waals surface area contributed by atoms with Gasteiger partial charge < -0.3 is 9.47 Å². The maximum atomic E-state index is 13.7. The smallest absolute Gasteiger partial charge is 0.255 e. The van der Waals surface area contributed by atoms with Crippen LogP contribution in [0.15, 0.2) is 108 Å². The van der Waals surface area contributed by atoms with Crippen LogP contribution in [0.25, 0.3) is 22.2 Å². The molecule has 6 rings (SSSR count). The van der Waals surface area contributed by atoms with E-state index in [1.165, 1.54) is 10.9 Å². The van der Waals surface area contributed by atoms with E-state index < -0.39 is 0 Å².